The van der Waals surface area contributed by atoms with Gasteiger partial charge in [0, 0.05) is 6.54 Å². The van der Waals surface area contributed by atoms with Crippen LogP contribution in [0.3, 0.4) is 0 Å². The molecule has 0 aliphatic heterocycles. The molecule has 1 amide bonds. The molecule has 0 aromatic heterocycles. The van der Waals surface area contributed by atoms with Crippen molar-refractivity contribution >= 4 is 18.3 Å². The van der Waals surface area contributed by atoms with E-state index < -0.39 is 5.54 Å². The number of methoxy groups -OCH3 is 1. The Hall–Kier alpha value is -1.46. The maximum atomic E-state index is 12.3. The summed E-state index contributed by atoms with van der Waals surface area (Å²) in [6, 6.07) is 4.58. The van der Waals surface area contributed by atoms with Crippen molar-refractivity contribution in [1.29, 1.82) is 0 Å². The molecular weight excluding hydrogens is 280 g/mol. The molecule has 2 rings (SSSR count). The number of carbonyl (C=O) groups is 1. The smallest absolute Gasteiger partial charge is 0.255 e. The van der Waals surface area contributed by atoms with E-state index in [1.54, 1.807) is 6.07 Å². The van der Waals surface area contributed by atoms with Crippen LogP contribution in [-0.2, 0) is 0 Å². The van der Waals surface area contributed by atoms with Crippen LogP contribution in [0.5, 0.6) is 11.5 Å². The van der Waals surface area contributed by atoms with E-state index >= 15 is 0 Å². The summed E-state index contributed by atoms with van der Waals surface area (Å²) in [5.74, 6) is 0.572. The van der Waals surface area contributed by atoms with E-state index in [9.17, 15) is 9.90 Å². The lowest BCUT2D eigenvalue weighted by Crippen LogP contribution is -2.53. The molecule has 1 aromatic rings. The van der Waals surface area contributed by atoms with Crippen LogP contribution in [0.1, 0.15) is 30.1 Å². The number of carbonyl (C=O) groups excluding carboxylic acids is 1. The molecule has 1 fully saturated rings. The van der Waals surface area contributed by atoms with Gasteiger partial charge in [-0.15, -0.1) is 12.4 Å². The van der Waals surface area contributed by atoms with Crippen molar-refractivity contribution in [3.8, 4) is 11.5 Å². The molecule has 0 spiro atoms. The normalized spacial score (nSPS) is 16.8. The highest BCUT2D eigenvalue weighted by molar-refractivity contribution is 5.97. The van der Waals surface area contributed by atoms with E-state index in [4.69, 9.17) is 10.5 Å². The molecule has 0 radical (unpaired) electrons. The number of phenolic OH excluding ortho intramolecular Hbond substituents is 1. The number of hydrogen-bond donors (Lipinski definition) is 3. The Bertz CT molecular complexity index is 491. The first kappa shape index (κ1) is 16.6. The van der Waals surface area contributed by atoms with Gasteiger partial charge in [0.15, 0.2) is 0 Å². The number of ether oxygens (including phenoxy) is 1. The van der Waals surface area contributed by atoms with Gasteiger partial charge in [-0.2, -0.15) is 0 Å². The standard InChI is InChI=1S/C14H20N2O3.ClH/c1-14(8-15,9-3-4-9)16-13(18)11-7-10(19-2)5-6-12(11)17;/h5-7,9,17H,3-4,8,15H2,1-2H3,(H,16,18);1H. The van der Waals surface area contributed by atoms with E-state index in [0.717, 1.165) is 12.8 Å². The highest BCUT2D eigenvalue weighted by atomic mass is 35.5. The number of benzene rings is 1. The number of phenols is 1. The zero-order valence-electron chi connectivity index (χ0n) is 11.7. The summed E-state index contributed by atoms with van der Waals surface area (Å²) in [7, 11) is 1.52. The monoisotopic (exact) mass is 300 g/mol. The molecule has 0 bridgehead atoms. The van der Waals surface area contributed by atoms with Crippen molar-refractivity contribution in [1.82, 2.24) is 5.32 Å². The van der Waals surface area contributed by atoms with Crippen LogP contribution in [0.4, 0.5) is 0 Å². The van der Waals surface area contributed by atoms with Crippen LogP contribution in [0.2, 0.25) is 0 Å². The number of aromatic hydroxyl groups is 1. The molecule has 1 aromatic carbocycles. The topological polar surface area (TPSA) is 84.6 Å². The summed E-state index contributed by atoms with van der Waals surface area (Å²) in [5, 5.41) is 12.7. The quantitative estimate of drug-likeness (QED) is 0.772. The summed E-state index contributed by atoms with van der Waals surface area (Å²) >= 11 is 0. The lowest BCUT2D eigenvalue weighted by atomic mass is 9.95. The average Bonchev–Trinajstić information content (AvgIpc) is 3.23. The molecule has 1 aliphatic rings. The lowest BCUT2D eigenvalue weighted by Gasteiger charge is -2.29. The van der Waals surface area contributed by atoms with Gasteiger partial charge in [0.2, 0.25) is 0 Å². The Morgan fingerprint density at radius 1 is 1.55 bits per heavy atom. The molecular formula is C14H21ClN2O3. The van der Waals surface area contributed by atoms with E-state index in [1.165, 1.54) is 19.2 Å². The fourth-order valence-corrected chi connectivity index (χ4v) is 2.19. The maximum Gasteiger partial charge on any atom is 0.255 e. The van der Waals surface area contributed by atoms with E-state index in [-0.39, 0.29) is 29.6 Å². The first-order valence-electron chi connectivity index (χ1n) is 6.40. The van der Waals surface area contributed by atoms with Crippen LogP contribution in [0, 0.1) is 5.92 Å². The Labute approximate surface area is 124 Å². The van der Waals surface area contributed by atoms with Gasteiger partial charge in [-0.25, -0.2) is 0 Å². The molecule has 1 unspecified atom stereocenters. The van der Waals surface area contributed by atoms with Crippen LogP contribution >= 0.6 is 12.4 Å². The van der Waals surface area contributed by atoms with E-state index in [1.807, 2.05) is 6.92 Å². The summed E-state index contributed by atoms with van der Waals surface area (Å²) in [4.78, 5) is 12.3. The Morgan fingerprint density at radius 2 is 2.20 bits per heavy atom. The molecule has 1 aliphatic carbocycles. The zero-order valence-corrected chi connectivity index (χ0v) is 12.5. The largest absolute Gasteiger partial charge is 0.507 e. The minimum atomic E-state index is -0.410. The maximum absolute atomic E-state index is 12.3. The molecule has 5 nitrogen and oxygen atoms in total. The number of rotatable bonds is 5. The second-order valence-electron chi connectivity index (χ2n) is 5.23. The van der Waals surface area contributed by atoms with Crippen molar-refractivity contribution in [2.24, 2.45) is 11.7 Å². The van der Waals surface area contributed by atoms with Gasteiger partial charge in [0.05, 0.1) is 18.2 Å². The number of nitrogens with one attached hydrogen (secondary N) is 1. The third-order valence-electron chi connectivity index (χ3n) is 3.75. The first-order valence-corrected chi connectivity index (χ1v) is 6.40. The molecule has 20 heavy (non-hydrogen) atoms. The third kappa shape index (κ3) is 3.35. The van der Waals surface area contributed by atoms with Crippen molar-refractivity contribution in [3.63, 3.8) is 0 Å². The fourth-order valence-electron chi connectivity index (χ4n) is 2.19. The van der Waals surface area contributed by atoms with Crippen LogP contribution in [0.25, 0.3) is 0 Å². The van der Waals surface area contributed by atoms with Gasteiger partial charge in [-0.1, -0.05) is 0 Å². The van der Waals surface area contributed by atoms with Crippen molar-refractivity contribution in [2.45, 2.75) is 25.3 Å². The number of halogens is 1. The van der Waals surface area contributed by atoms with Crippen LogP contribution in [-0.4, -0.2) is 30.2 Å². The van der Waals surface area contributed by atoms with Crippen LogP contribution < -0.4 is 15.8 Å². The van der Waals surface area contributed by atoms with Gasteiger partial charge < -0.3 is 20.9 Å². The molecule has 1 saturated carbocycles. The molecule has 1 atom stereocenters. The second-order valence-corrected chi connectivity index (χ2v) is 5.23. The third-order valence-corrected chi connectivity index (χ3v) is 3.75. The van der Waals surface area contributed by atoms with Crippen molar-refractivity contribution in [2.75, 3.05) is 13.7 Å². The summed E-state index contributed by atoms with van der Waals surface area (Å²) in [6.45, 7) is 2.33. The number of hydrogen-bond acceptors (Lipinski definition) is 4. The zero-order chi connectivity index (χ0) is 14.0. The van der Waals surface area contributed by atoms with Gasteiger partial charge in [0.25, 0.3) is 5.91 Å². The Kier molecular flexibility index (Phi) is 5.25. The van der Waals surface area contributed by atoms with Gasteiger partial charge >= 0.3 is 0 Å². The van der Waals surface area contributed by atoms with Crippen LogP contribution in [0.15, 0.2) is 18.2 Å². The molecule has 0 heterocycles. The highest BCUT2D eigenvalue weighted by Gasteiger charge is 2.41. The summed E-state index contributed by atoms with van der Waals surface area (Å²) in [5.41, 5.74) is 5.56. The minimum absolute atomic E-state index is 0. The van der Waals surface area contributed by atoms with Gasteiger partial charge in [-0.05, 0) is 43.9 Å². The predicted octanol–water partition coefficient (Wildman–Crippen LogP) is 1.68. The predicted molar refractivity (Wildman–Crippen MR) is 79.6 cm³/mol. The summed E-state index contributed by atoms with van der Waals surface area (Å²) < 4.78 is 5.06. The van der Waals surface area contributed by atoms with Gasteiger partial charge in [-0.3, -0.25) is 4.79 Å². The van der Waals surface area contributed by atoms with Crippen molar-refractivity contribution in [3.05, 3.63) is 23.8 Å². The Balaban J connectivity index is 0.00000200. The molecule has 0 saturated heterocycles. The van der Waals surface area contributed by atoms with E-state index in [0.29, 0.717) is 18.2 Å². The van der Waals surface area contributed by atoms with Gasteiger partial charge in [0.1, 0.15) is 11.5 Å². The SMILES string of the molecule is COc1ccc(O)c(C(=O)NC(C)(CN)C2CC2)c1.Cl. The highest BCUT2D eigenvalue weighted by Crippen LogP contribution is 2.39. The molecule has 6 heteroatoms. The fraction of sp³-hybridized carbons (Fsp3) is 0.500. The minimum Gasteiger partial charge on any atom is -0.507 e. The van der Waals surface area contributed by atoms with E-state index in [2.05, 4.69) is 5.32 Å². The molecule has 112 valence electrons. The average molecular weight is 301 g/mol. The Morgan fingerprint density at radius 3 is 2.70 bits per heavy atom. The second kappa shape index (κ2) is 6.33. The van der Waals surface area contributed by atoms with Crippen molar-refractivity contribution < 1.29 is 14.6 Å². The first-order chi connectivity index (χ1) is 9.00. The molecule has 4 N–H and O–H groups in total. The number of amides is 1. The number of nitrogens with two attached hydrogens (primary N) is 1. The summed E-state index contributed by atoms with van der Waals surface area (Å²) in [6.07, 6.45) is 2.16. The lowest BCUT2D eigenvalue weighted by molar-refractivity contribution is 0.0894.